The molecule has 1 amide bonds. The van der Waals surface area contributed by atoms with E-state index in [9.17, 15) is 13.2 Å². The van der Waals surface area contributed by atoms with Crippen molar-refractivity contribution in [3.8, 4) is 11.3 Å². The molecule has 3 saturated heterocycles. The first kappa shape index (κ1) is 25.4. The number of ether oxygens (including phenoxy) is 1. The van der Waals surface area contributed by atoms with Gasteiger partial charge in [-0.1, -0.05) is 42.5 Å². The predicted octanol–water partition coefficient (Wildman–Crippen LogP) is 3.58. The van der Waals surface area contributed by atoms with Crippen LogP contribution in [0.5, 0.6) is 0 Å². The molecular weight excluding hydrogens is 500 g/mol. The normalized spacial score (nSPS) is 22.6. The molecule has 0 radical (unpaired) electrons. The first-order valence-corrected chi connectivity index (χ1v) is 15.6. The lowest BCUT2D eigenvalue weighted by molar-refractivity contribution is -0.141. The van der Waals surface area contributed by atoms with Gasteiger partial charge in [0.1, 0.15) is 6.10 Å². The van der Waals surface area contributed by atoms with E-state index in [-0.39, 0.29) is 29.6 Å². The van der Waals surface area contributed by atoms with Crippen LogP contribution < -0.4 is 5.32 Å². The third kappa shape index (κ3) is 5.32. The summed E-state index contributed by atoms with van der Waals surface area (Å²) in [7, 11) is -2.94. The summed E-state index contributed by atoms with van der Waals surface area (Å²) in [4.78, 5) is 17.0. The molecule has 9 heteroatoms. The van der Waals surface area contributed by atoms with Crippen molar-refractivity contribution in [2.24, 2.45) is 0 Å². The quantitative estimate of drug-likeness (QED) is 0.519. The van der Waals surface area contributed by atoms with Crippen LogP contribution in [0.4, 0.5) is 5.69 Å². The maximum absolute atomic E-state index is 12.8. The standard InChI is InChI=1S/C29H36N4O4S/c34-29(27-10-5-17-37-27)32-13-11-24(12-14-32)30-25-9-4-8-23-20-26(22-6-2-1-3-7-22)33(28(23)25)21-31-15-18-38(35,36)19-16-31/h1-4,6-9,20,24,27,30H,5,10-19,21H2. The molecule has 8 nitrogen and oxygen atoms in total. The number of benzene rings is 2. The van der Waals surface area contributed by atoms with Gasteiger partial charge in [-0.2, -0.15) is 0 Å². The molecule has 0 spiro atoms. The van der Waals surface area contributed by atoms with Gasteiger partial charge in [0.05, 0.1) is 35.1 Å². The van der Waals surface area contributed by atoms with Gasteiger partial charge in [0, 0.05) is 44.2 Å². The first-order chi connectivity index (χ1) is 18.5. The van der Waals surface area contributed by atoms with Crippen LogP contribution in [-0.4, -0.2) is 85.1 Å². The number of anilines is 1. The number of hydrogen-bond donors (Lipinski definition) is 1. The van der Waals surface area contributed by atoms with Crippen LogP contribution in [0.15, 0.2) is 54.6 Å². The topological polar surface area (TPSA) is 83.9 Å². The number of nitrogens with zero attached hydrogens (tertiary/aromatic N) is 3. The van der Waals surface area contributed by atoms with Crippen molar-refractivity contribution < 1.29 is 17.9 Å². The zero-order valence-electron chi connectivity index (χ0n) is 21.7. The number of rotatable bonds is 6. The van der Waals surface area contributed by atoms with Gasteiger partial charge < -0.3 is 19.5 Å². The van der Waals surface area contributed by atoms with Gasteiger partial charge in [-0.05, 0) is 43.4 Å². The molecule has 3 aliphatic heterocycles. The van der Waals surface area contributed by atoms with Crippen LogP contribution in [0, 0.1) is 0 Å². The molecule has 4 heterocycles. The lowest BCUT2D eigenvalue weighted by Crippen LogP contribution is -2.46. The molecule has 1 atom stereocenters. The highest BCUT2D eigenvalue weighted by Crippen LogP contribution is 2.34. The number of carbonyl (C=O) groups is 1. The Kier molecular flexibility index (Phi) is 7.16. The number of piperidine rings is 1. The van der Waals surface area contributed by atoms with Crippen molar-refractivity contribution in [2.75, 3.05) is 49.6 Å². The Morgan fingerprint density at radius 3 is 2.42 bits per heavy atom. The fourth-order valence-corrected chi connectivity index (χ4v) is 7.24. The van der Waals surface area contributed by atoms with E-state index in [1.54, 1.807) is 0 Å². The highest BCUT2D eigenvalue weighted by atomic mass is 32.2. The number of amides is 1. The Balaban J connectivity index is 1.25. The van der Waals surface area contributed by atoms with Crippen LogP contribution in [0.1, 0.15) is 25.7 Å². The molecule has 1 aromatic heterocycles. The predicted molar refractivity (Wildman–Crippen MR) is 150 cm³/mol. The highest BCUT2D eigenvalue weighted by Gasteiger charge is 2.31. The average molecular weight is 537 g/mol. The van der Waals surface area contributed by atoms with Gasteiger partial charge in [-0.15, -0.1) is 0 Å². The number of sulfone groups is 1. The molecule has 0 bridgehead atoms. The van der Waals surface area contributed by atoms with Crippen molar-refractivity contribution in [3.63, 3.8) is 0 Å². The summed E-state index contributed by atoms with van der Waals surface area (Å²) < 4.78 is 32.0. The third-order valence-electron chi connectivity index (χ3n) is 8.14. The minimum Gasteiger partial charge on any atom is -0.380 e. The Bertz CT molecular complexity index is 1380. The van der Waals surface area contributed by atoms with Gasteiger partial charge in [0.2, 0.25) is 0 Å². The van der Waals surface area contributed by atoms with E-state index in [0.29, 0.717) is 26.4 Å². The van der Waals surface area contributed by atoms with Crippen molar-refractivity contribution in [1.29, 1.82) is 0 Å². The summed E-state index contributed by atoms with van der Waals surface area (Å²) in [5, 5.41) is 4.96. The molecule has 38 heavy (non-hydrogen) atoms. The molecule has 202 valence electrons. The second-order valence-electron chi connectivity index (χ2n) is 10.7. The number of hydrogen-bond acceptors (Lipinski definition) is 6. The Labute approximate surface area is 224 Å². The molecule has 3 aromatic rings. The van der Waals surface area contributed by atoms with Gasteiger partial charge in [0.15, 0.2) is 9.84 Å². The van der Waals surface area contributed by atoms with Crippen LogP contribution in [-0.2, 0) is 26.0 Å². The SMILES string of the molecule is O=C(C1CCCO1)N1CCC(Nc2cccc3cc(-c4ccccc4)n(CN4CCS(=O)(=O)CC4)c23)CC1. The largest absolute Gasteiger partial charge is 0.380 e. The van der Waals surface area contributed by atoms with E-state index in [4.69, 9.17) is 4.74 Å². The Morgan fingerprint density at radius 1 is 0.947 bits per heavy atom. The zero-order chi connectivity index (χ0) is 26.1. The fourth-order valence-electron chi connectivity index (χ4n) is 5.97. The molecule has 1 N–H and O–H groups in total. The van der Waals surface area contributed by atoms with Crippen molar-refractivity contribution in [2.45, 2.75) is 44.5 Å². The maximum atomic E-state index is 12.8. The van der Waals surface area contributed by atoms with Crippen molar-refractivity contribution >= 4 is 32.3 Å². The number of fused-ring (bicyclic) bond motifs is 1. The molecule has 6 rings (SSSR count). The molecular formula is C29H36N4O4S. The first-order valence-electron chi connectivity index (χ1n) is 13.7. The number of aromatic nitrogens is 1. The second kappa shape index (κ2) is 10.7. The minimum absolute atomic E-state index is 0.146. The van der Waals surface area contributed by atoms with E-state index >= 15 is 0 Å². The van der Waals surface area contributed by atoms with Gasteiger partial charge in [-0.25, -0.2) is 8.42 Å². The smallest absolute Gasteiger partial charge is 0.251 e. The van der Waals surface area contributed by atoms with Crippen molar-refractivity contribution in [1.82, 2.24) is 14.4 Å². The lowest BCUT2D eigenvalue weighted by atomic mass is 10.0. The van der Waals surface area contributed by atoms with Crippen LogP contribution in [0.2, 0.25) is 0 Å². The van der Waals surface area contributed by atoms with Gasteiger partial charge in [0.25, 0.3) is 5.91 Å². The molecule has 1 unspecified atom stereocenters. The minimum atomic E-state index is -2.94. The van der Waals surface area contributed by atoms with E-state index in [0.717, 1.165) is 66.6 Å². The van der Waals surface area contributed by atoms with E-state index in [1.807, 2.05) is 11.0 Å². The maximum Gasteiger partial charge on any atom is 0.251 e. The van der Waals surface area contributed by atoms with Crippen LogP contribution in [0.3, 0.4) is 0 Å². The van der Waals surface area contributed by atoms with E-state index in [1.165, 1.54) is 0 Å². The Hall–Kier alpha value is -2.88. The molecule has 3 fully saturated rings. The van der Waals surface area contributed by atoms with Crippen LogP contribution in [0.25, 0.3) is 22.2 Å². The van der Waals surface area contributed by atoms with Gasteiger partial charge in [-0.3, -0.25) is 9.69 Å². The Morgan fingerprint density at radius 2 is 1.71 bits per heavy atom. The molecule has 3 aliphatic rings. The number of likely N-dealkylation sites (tertiary alicyclic amines) is 1. The molecule has 0 aliphatic carbocycles. The van der Waals surface area contributed by atoms with E-state index < -0.39 is 9.84 Å². The lowest BCUT2D eigenvalue weighted by Gasteiger charge is -2.34. The zero-order valence-corrected chi connectivity index (χ0v) is 22.5. The molecule has 0 saturated carbocycles. The third-order valence-corrected chi connectivity index (χ3v) is 9.75. The summed E-state index contributed by atoms with van der Waals surface area (Å²) in [6, 6.07) is 19.3. The monoisotopic (exact) mass is 536 g/mol. The fraction of sp³-hybridized carbons (Fsp3) is 0.483. The number of nitrogens with one attached hydrogen (secondary N) is 1. The summed E-state index contributed by atoms with van der Waals surface area (Å²) in [6.07, 6.45) is 3.34. The number of para-hydroxylation sites is 1. The second-order valence-corrected chi connectivity index (χ2v) is 13.0. The molecule has 2 aromatic carbocycles. The number of carbonyl (C=O) groups excluding carboxylic acids is 1. The van der Waals surface area contributed by atoms with E-state index in [2.05, 4.69) is 63.3 Å². The summed E-state index contributed by atoms with van der Waals surface area (Å²) in [5.41, 5.74) is 4.48. The average Bonchev–Trinajstić information content (AvgIpc) is 3.60. The summed E-state index contributed by atoms with van der Waals surface area (Å²) >= 11 is 0. The van der Waals surface area contributed by atoms with Crippen LogP contribution >= 0.6 is 0 Å². The summed E-state index contributed by atoms with van der Waals surface area (Å²) in [5.74, 6) is 0.565. The van der Waals surface area contributed by atoms with Crippen molar-refractivity contribution in [3.05, 3.63) is 54.6 Å². The van der Waals surface area contributed by atoms with Gasteiger partial charge >= 0.3 is 0 Å². The highest BCUT2D eigenvalue weighted by molar-refractivity contribution is 7.91. The summed E-state index contributed by atoms with van der Waals surface area (Å²) in [6.45, 7) is 3.90.